The van der Waals surface area contributed by atoms with Crippen molar-refractivity contribution in [2.24, 2.45) is 0 Å². The fourth-order valence-corrected chi connectivity index (χ4v) is 4.25. The maximum atomic E-state index is 10.9. The average Bonchev–Trinajstić information content (AvgIpc) is 3.13. The van der Waals surface area contributed by atoms with E-state index in [1.165, 1.54) is 5.56 Å². The third kappa shape index (κ3) is 3.75. The zero-order valence-electron chi connectivity index (χ0n) is 18.3. The van der Waals surface area contributed by atoms with Crippen molar-refractivity contribution in [3.05, 3.63) is 113 Å². The number of rotatable bonds is 7. The van der Waals surface area contributed by atoms with Gasteiger partial charge in [0.1, 0.15) is 11.4 Å². The van der Waals surface area contributed by atoms with E-state index in [1.807, 2.05) is 48.0 Å². The molecule has 0 bridgehead atoms. The van der Waals surface area contributed by atoms with Crippen molar-refractivity contribution >= 4 is 11.5 Å². The predicted octanol–water partition coefficient (Wildman–Crippen LogP) is 5.59. The number of nitrogens with zero attached hydrogens (tertiary/aromatic N) is 2. The molecule has 0 saturated heterocycles. The van der Waals surface area contributed by atoms with Crippen LogP contribution in [0.2, 0.25) is 0 Å². The standard InChI is InChI=1S/C27H29N3O/c1-4-25-21(3)29-30(26(25)28-24-17-15-20(2)16-18-24)27(19-31,22-11-7-5-8-12-22)23-13-9-6-10-14-23/h5-18,28,31H,4,19H2,1-3H3. The molecule has 4 aromatic rings. The highest BCUT2D eigenvalue weighted by atomic mass is 16.3. The summed E-state index contributed by atoms with van der Waals surface area (Å²) in [6.45, 7) is 6.14. The molecular weight excluding hydrogens is 382 g/mol. The molecule has 158 valence electrons. The van der Waals surface area contributed by atoms with Crippen LogP contribution in [0.25, 0.3) is 0 Å². The van der Waals surface area contributed by atoms with Crippen molar-refractivity contribution in [3.63, 3.8) is 0 Å². The van der Waals surface area contributed by atoms with Crippen LogP contribution in [0.15, 0.2) is 84.9 Å². The SMILES string of the molecule is CCc1c(C)nn(C(CO)(c2ccccc2)c2ccccc2)c1Nc1ccc(C)cc1. The van der Waals surface area contributed by atoms with Crippen LogP contribution in [-0.4, -0.2) is 21.5 Å². The molecule has 0 aliphatic carbocycles. The summed E-state index contributed by atoms with van der Waals surface area (Å²) in [7, 11) is 0. The Hall–Kier alpha value is -3.37. The van der Waals surface area contributed by atoms with Crippen LogP contribution in [0, 0.1) is 13.8 Å². The highest BCUT2D eigenvalue weighted by molar-refractivity contribution is 5.63. The second kappa shape index (κ2) is 8.78. The van der Waals surface area contributed by atoms with Gasteiger partial charge in [0.05, 0.1) is 12.3 Å². The third-order valence-electron chi connectivity index (χ3n) is 5.95. The monoisotopic (exact) mass is 411 g/mol. The molecule has 0 unspecified atom stereocenters. The summed E-state index contributed by atoms with van der Waals surface area (Å²) >= 11 is 0. The Morgan fingerprint density at radius 2 is 1.39 bits per heavy atom. The van der Waals surface area contributed by atoms with Gasteiger partial charge >= 0.3 is 0 Å². The highest BCUT2D eigenvalue weighted by Crippen LogP contribution is 2.39. The van der Waals surface area contributed by atoms with Gasteiger partial charge in [-0.1, -0.05) is 85.3 Å². The molecule has 4 heteroatoms. The summed E-state index contributed by atoms with van der Waals surface area (Å²) in [6.07, 6.45) is 0.838. The van der Waals surface area contributed by atoms with Crippen LogP contribution in [0.5, 0.6) is 0 Å². The minimum Gasteiger partial charge on any atom is -0.393 e. The lowest BCUT2D eigenvalue weighted by atomic mass is 9.83. The first-order valence-corrected chi connectivity index (χ1v) is 10.7. The lowest BCUT2D eigenvalue weighted by Crippen LogP contribution is -2.41. The first kappa shape index (κ1) is 20.9. The Morgan fingerprint density at radius 1 is 0.839 bits per heavy atom. The number of hydrogen-bond donors (Lipinski definition) is 2. The van der Waals surface area contributed by atoms with Crippen LogP contribution in [0.3, 0.4) is 0 Å². The topological polar surface area (TPSA) is 50.1 Å². The van der Waals surface area contributed by atoms with Crippen LogP contribution < -0.4 is 5.32 Å². The third-order valence-corrected chi connectivity index (χ3v) is 5.95. The van der Waals surface area contributed by atoms with Crippen LogP contribution in [-0.2, 0) is 12.0 Å². The summed E-state index contributed by atoms with van der Waals surface area (Å²) in [4.78, 5) is 0. The first-order valence-electron chi connectivity index (χ1n) is 10.7. The molecule has 2 N–H and O–H groups in total. The normalized spacial score (nSPS) is 11.5. The molecule has 0 aliphatic heterocycles. The van der Waals surface area contributed by atoms with Gasteiger partial charge in [0.2, 0.25) is 0 Å². The zero-order chi connectivity index (χ0) is 21.8. The van der Waals surface area contributed by atoms with Gasteiger partial charge in [0.15, 0.2) is 0 Å². The van der Waals surface area contributed by atoms with Crippen molar-refractivity contribution < 1.29 is 5.11 Å². The molecule has 3 aromatic carbocycles. The Bertz CT molecular complexity index is 1090. The largest absolute Gasteiger partial charge is 0.393 e. The van der Waals surface area contributed by atoms with Gasteiger partial charge in [-0.25, -0.2) is 4.68 Å². The number of aromatic nitrogens is 2. The molecule has 4 nitrogen and oxygen atoms in total. The smallest absolute Gasteiger partial charge is 0.138 e. The number of aliphatic hydroxyl groups is 1. The molecule has 0 fully saturated rings. The fraction of sp³-hybridized carbons (Fsp3) is 0.222. The number of nitrogens with one attached hydrogen (secondary N) is 1. The van der Waals surface area contributed by atoms with Gasteiger partial charge < -0.3 is 10.4 Å². The summed E-state index contributed by atoms with van der Waals surface area (Å²) in [5.41, 5.74) is 5.43. The van der Waals surface area contributed by atoms with Gasteiger partial charge in [0, 0.05) is 11.3 Å². The minimum absolute atomic E-state index is 0.117. The van der Waals surface area contributed by atoms with Gasteiger partial charge in [-0.2, -0.15) is 5.10 Å². The van der Waals surface area contributed by atoms with Gasteiger partial charge in [-0.05, 0) is 43.5 Å². The Balaban J connectivity index is 1.99. The van der Waals surface area contributed by atoms with E-state index in [1.54, 1.807) is 0 Å². The summed E-state index contributed by atoms with van der Waals surface area (Å²) in [6, 6.07) is 28.6. The first-order chi connectivity index (χ1) is 15.1. The van der Waals surface area contributed by atoms with E-state index in [-0.39, 0.29) is 6.61 Å². The number of aliphatic hydroxyl groups excluding tert-OH is 1. The van der Waals surface area contributed by atoms with E-state index in [2.05, 4.69) is 67.7 Å². The predicted molar refractivity (Wildman–Crippen MR) is 127 cm³/mol. The van der Waals surface area contributed by atoms with Crippen molar-refractivity contribution in [2.45, 2.75) is 32.7 Å². The van der Waals surface area contributed by atoms with Crippen LogP contribution in [0.4, 0.5) is 11.5 Å². The van der Waals surface area contributed by atoms with E-state index in [0.717, 1.165) is 40.3 Å². The number of aryl methyl sites for hydroxylation is 2. The summed E-state index contributed by atoms with van der Waals surface area (Å²) < 4.78 is 1.98. The highest BCUT2D eigenvalue weighted by Gasteiger charge is 2.39. The maximum Gasteiger partial charge on any atom is 0.138 e. The number of hydrogen-bond acceptors (Lipinski definition) is 3. The van der Waals surface area contributed by atoms with Crippen molar-refractivity contribution in [3.8, 4) is 0 Å². The molecule has 0 atom stereocenters. The van der Waals surface area contributed by atoms with E-state index in [9.17, 15) is 5.11 Å². The molecule has 4 rings (SSSR count). The lowest BCUT2D eigenvalue weighted by molar-refractivity contribution is 0.187. The van der Waals surface area contributed by atoms with E-state index < -0.39 is 5.54 Å². The zero-order valence-corrected chi connectivity index (χ0v) is 18.3. The Kier molecular flexibility index (Phi) is 5.92. The van der Waals surface area contributed by atoms with Crippen molar-refractivity contribution in [2.75, 3.05) is 11.9 Å². The molecule has 0 radical (unpaired) electrons. The van der Waals surface area contributed by atoms with Crippen molar-refractivity contribution in [1.82, 2.24) is 9.78 Å². The molecular formula is C27H29N3O. The fourth-order valence-electron chi connectivity index (χ4n) is 4.25. The van der Waals surface area contributed by atoms with Crippen LogP contribution >= 0.6 is 0 Å². The van der Waals surface area contributed by atoms with E-state index in [0.29, 0.717) is 0 Å². The Labute approximate surface area is 184 Å². The Morgan fingerprint density at radius 3 is 1.87 bits per heavy atom. The van der Waals surface area contributed by atoms with E-state index in [4.69, 9.17) is 5.10 Å². The van der Waals surface area contributed by atoms with Gasteiger partial charge in [-0.3, -0.25) is 0 Å². The molecule has 1 aromatic heterocycles. The van der Waals surface area contributed by atoms with E-state index >= 15 is 0 Å². The molecule has 31 heavy (non-hydrogen) atoms. The van der Waals surface area contributed by atoms with Gasteiger partial charge in [-0.15, -0.1) is 0 Å². The molecule has 1 heterocycles. The average molecular weight is 412 g/mol. The molecule has 0 saturated carbocycles. The maximum absolute atomic E-state index is 10.9. The second-order valence-electron chi connectivity index (χ2n) is 7.92. The number of anilines is 2. The quantitative estimate of drug-likeness (QED) is 0.417. The number of benzene rings is 3. The lowest BCUT2D eigenvalue weighted by Gasteiger charge is -2.35. The summed E-state index contributed by atoms with van der Waals surface area (Å²) in [5.74, 6) is 0.908. The second-order valence-corrected chi connectivity index (χ2v) is 7.92. The summed E-state index contributed by atoms with van der Waals surface area (Å²) in [5, 5.41) is 19.5. The van der Waals surface area contributed by atoms with Crippen molar-refractivity contribution in [1.29, 1.82) is 0 Å². The van der Waals surface area contributed by atoms with Crippen LogP contribution in [0.1, 0.15) is 34.9 Å². The molecule has 0 amide bonds. The molecule has 0 spiro atoms. The molecule has 0 aliphatic rings. The van der Waals surface area contributed by atoms with Gasteiger partial charge in [0.25, 0.3) is 0 Å². The minimum atomic E-state index is -0.853.